The topological polar surface area (TPSA) is 24.1 Å². The summed E-state index contributed by atoms with van der Waals surface area (Å²) in [5.74, 6) is 0. The zero-order valence-corrected chi connectivity index (χ0v) is 10.3. The molecule has 1 aromatic carbocycles. The average Bonchev–Trinajstić information content (AvgIpc) is 2.21. The minimum absolute atomic E-state index is 0.338. The van der Waals surface area contributed by atoms with Crippen molar-refractivity contribution in [2.75, 3.05) is 13.6 Å². The smallest absolute Gasteiger partial charge is 0.0444 e. The van der Waals surface area contributed by atoms with Gasteiger partial charge in [0.05, 0.1) is 0 Å². The van der Waals surface area contributed by atoms with Crippen LogP contribution in [0.1, 0.15) is 25.5 Å². The second kappa shape index (κ2) is 6.11. The molecule has 0 saturated carbocycles. The van der Waals surface area contributed by atoms with Crippen LogP contribution in [0.4, 0.5) is 0 Å². The number of halogens is 1. The summed E-state index contributed by atoms with van der Waals surface area (Å²) in [6.45, 7) is 5.22. The van der Waals surface area contributed by atoms with Gasteiger partial charge in [-0.1, -0.05) is 37.6 Å². The van der Waals surface area contributed by atoms with Crippen molar-refractivity contribution in [3.05, 3.63) is 34.9 Å². The SMILES string of the molecule is CNC(CNC(C)C)c1ccc(Cl)cc1. The lowest BCUT2D eigenvalue weighted by atomic mass is 10.1. The maximum absolute atomic E-state index is 5.85. The monoisotopic (exact) mass is 226 g/mol. The predicted molar refractivity (Wildman–Crippen MR) is 66.4 cm³/mol. The van der Waals surface area contributed by atoms with E-state index in [1.54, 1.807) is 0 Å². The van der Waals surface area contributed by atoms with Crippen LogP contribution in [-0.2, 0) is 0 Å². The Kier molecular flexibility index (Phi) is 5.09. The van der Waals surface area contributed by atoms with Crippen LogP contribution in [0.15, 0.2) is 24.3 Å². The third-order valence-corrected chi connectivity index (χ3v) is 2.60. The van der Waals surface area contributed by atoms with E-state index in [4.69, 9.17) is 11.6 Å². The Morgan fingerprint density at radius 3 is 2.27 bits per heavy atom. The van der Waals surface area contributed by atoms with Gasteiger partial charge in [-0.05, 0) is 24.7 Å². The summed E-state index contributed by atoms with van der Waals surface area (Å²) in [6.07, 6.45) is 0. The summed E-state index contributed by atoms with van der Waals surface area (Å²) < 4.78 is 0. The summed E-state index contributed by atoms with van der Waals surface area (Å²) in [6, 6.07) is 8.82. The molecule has 0 saturated heterocycles. The fourth-order valence-corrected chi connectivity index (χ4v) is 1.56. The molecule has 1 rings (SSSR count). The van der Waals surface area contributed by atoms with E-state index >= 15 is 0 Å². The summed E-state index contributed by atoms with van der Waals surface area (Å²) in [4.78, 5) is 0. The zero-order valence-electron chi connectivity index (χ0n) is 9.55. The van der Waals surface area contributed by atoms with Crippen molar-refractivity contribution >= 4 is 11.6 Å². The highest BCUT2D eigenvalue weighted by Crippen LogP contribution is 2.15. The van der Waals surface area contributed by atoms with Gasteiger partial charge >= 0.3 is 0 Å². The minimum Gasteiger partial charge on any atom is -0.313 e. The van der Waals surface area contributed by atoms with Gasteiger partial charge in [0.2, 0.25) is 0 Å². The van der Waals surface area contributed by atoms with E-state index in [0.717, 1.165) is 11.6 Å². The van der Waals surface area contributed by atoms with Gasteiger partial charge in [0.15, 0.2) is 0 Å². The van der Waals surface area contributed by atoms with Crippen molar-refractivity contribution in [3.8, 4) is 0 Å². The van der Waals surface area contributed by atoms with Crippen molar-refractivity contribution in [1.82, 2.24) is 10.6 Å². The molecule has 15 heavy (non-hydrogen) atoms. The van der Waals surface area contributed by atoms with Gasteiger partial charge in [-0.15, -0.1) is 0 Å². The summed E-state index contributed by atoms with van der Waals surface area (Å²) >= 11 is 5.85. The molecular formula is C12H19ClN2. The van der Waals surface area contributed by atoms with Gasteiger partial charge in [0, 0.05) is 23.7 Å². The van der Waals surface area contributed by atoms with Crippen molar-refractivity contribution in [1.29, 1.82) is 0 Å². The van der Waals surface area contributed by atoms with Crippen molar-refractivity contribution in [2.24, 2.45) is 0 Å². The molecule has 0 heterocycles. The van der Waals surface area contributed by atoms with Gasteiger partial charge in [-0.25, -0.2) is 0 Å². The molecule has 0 fully saturated rings. The van der Waals surface area contributed by atoms with Crippen LogP contribution in [0.2, 0.25) is 5.02 Å². The fourth-order valence-electron chi connectivity index (χ4n) is 1.44. The third kappa shape index (κ3) is 4.20. The number of likely N-dealkylation sites (N-methyl/N-ethyl adjacent to an activating group) is 1. The molecule has 0 aliphatic rings. The zero-order chi connectivity index (χ0) is 11.3. The van der Waals surface area contributed by atoms with Crippen molar-refractivity contribution in [2.45, 2.75) is 25.9 Å². The van der Waals surface area contributed by atoms with E-state index in [2.05, 4.69) is 36.6 Å². The molecule has 1 atom stereocenters. The fraction of sp³-hybridized carbons (Fsp3) is 0.500. The lowest BCUT2D eigenvalue weighted by molar-refractivity contribution is 0.491. The first-order valence-corrected chi connectivity index (χ1v) is 5.67. The molecule has 2 nitrogen and oxygen atoms in total. The maximum atomic E-state index is 5.85. The van der Waals surface area contributed by atoms with E-state index in [0.29, 0.717) is 12.1 Å². The Morgan fingerprint density at radius 1 is 1.20 bits per heavy atom. The molecule has 0 aliphatic carbocycles. The first-order chi connectivity index (χ1) is 7.13. The molecule has 1 aromatic rings. The molecule has 0 spiro atoms. The number of rotatable bonds is 5. The van der Waals surface area contributed by atoms with Gasteiger partial charge in [-0.2, -0.15) is 0 Å². The Bertz CT molecular complexity index is 282. The second-order valence-electron chi connectivity index (χ2n) is 3.96. The van der Waals surface area contributed by atoms with Crippen LogP contribution in [0, 0.1) is 0 Å². The van der Waals surface area contributed by atoms with Gasteiger partial charge in [-0.3, -0.25) is 0 Å². The average molecular weight is 227 g/mol. The highest BCUT2D eigenvalue weighted by molar-refractivity contribution is 6.30. The molecule has 0 amide bonds. The van der Waals surface area contributed by atoms with Crippen LogP contribution in [0.5, 0.6) is 0 Å². The Labute approximate surface area is 97.0 Å². The third-order valence-electron chi connectivity index (χ3n) is 2.35. The molecule has 1 unspecified atom stereocenters. The van der Waals surface area contributed by atoms with Crippen LogP contribution in [0.3, 0.4) is 0 Å². The van der Waals surface area contributed by atoms with Gasteiger partial charge in [0.25, 0.3) is 0 Å². The highest BCUT2D eigenvalue weighted by Gasteiger charge is 2.08. The van der Waals surface area contributed by atoms with Crippen LogP contribution in [-0.4, -0.2) is 19.6 Å². The molecule has 0 radical (unpaired) electrons. The predicted octanol–water partition coefficient (Wildman–Crippen LogP) is 2.60. The van der Waals surface area contributed by atoms with E-state index in [-0.39, 0.29) is 0 Å². The Hall–Kier alpha value is -0.570. The second-order valence-corrected chi connectivity index (χ2v) is 4.39. The summed E-state index contributed by atoms with van der Waals surface area (Å²) in [5.41, 5.74) is 1.26. The standard InChI is InChI=1S/C12H19ClN2/c1-9(2)15-8-12(14-3)10-4-6-11(13)7-5-10/h4-7,9,12,14-15H,8H2,1-3H3. The number of benzene rings is 1. The van der Waals surface area contributed by atoms with E-state index in [1.165, 1.54) is 5.56 Å². The highest BCUT2D eigenvalue weighted by atomic mass is 35.5. The van der Waals surface area contributed by atoms with E-state index in [9.17, 15) is 0 Å². The molecule has 2 N–H and O–H groups in total. The van der Waals surface area contributed by atoms with Crippen LogP contribution < -0.4 is 10.6 Å². The van der Waals surface area contributed by atoms with Crippen LogP contribution >= 0.6 is 11.6 Å². The van der Waals surface area contributed by atoms with Crippen molar-refractivity contribution < 1.29 is 0 Å². The Morgan fingerprint density at radius 2 is 1.80 bits per heavy atom. The number of nitrogens with one attached hydrogen (secondary N) is 2. The minimum atomic E-state index is 0.338. The normalized spacial score (nSPS) is 13.1. The first kappa shape index (κ1) is 12.5. The number of hydrogen-bond donors (Lipinski definition) is 2. The quantitative estimate of drug-likeness (QED) is 0.807. The summed E-state index contributed by atoms with van der Waals surface area (Å²) in [5, 5.41) is 7.48. The lowest BCUT2D eigenvalue weighted by Gasteiger charge is -2.19. The van der Waals surface area contributed by atoms with Crippen LogP contribution in [0.25, 0.3) is 0 Å². The van der Waals surface area contributed by atoms with Gasteiger partial charge in [0.1, 0.15) is 0 Å². The maximum Gasteiger partial charge on any atom is 0.0444 e. The largest absolute Gasteiger partial charge is 0.313 e. The lowest BCUT2D eigenvalue weighted by Crippen LogP contribution is -2.33. The van der Waals surface area contributed by atoms with E-state index in [1.807, 2.05) is 19.2 Å². The molecule has 0 aromatic heterocycles. The molecule has 84 valence electrons. The molecule has 0 bridgehead atoms. The first-order valence-electron chi connectivity index (χ1n) is 5.29. The molecule has 0 aliphatic heterocycles. The van der Waals surface area contributed by atoms with Gasteiger partial charge < -0.3 is 10.6 Å². The summed E-state index contributed by atoms with van der Waals surface area (Å²) in [7, 11) is 1.97. The molecule has 3 heteroatoms. The number of hydrogen-bond acceptors (Lipinski definition) is 2. The Balaban J connectivity index is 2.61. The van der Waals surface area contributed by atoms with E-state index < -0.39 is 0 Å². The van der Waals surface area contributed by atoms with Crippen molar-refractivity contribution in [3.63, 3.8) is 0 Å². The molecular weight excluding hydrogens is 208 g/mol.